The van der Waals surface area contributed by atoms with Gasteiger partial charge in [0.2, 0.25) is 0 Å². The summed E-state index contributed by atoms with van der Waals surface area (Å²) in [5.74, 6) is 0.710. The molecule has 0 radical (unpaired) electrons. The average molecular weight is 432 g/mol. The van der Waals surface area contributed by atoms with Crippen molar-refractivity contribution < 1.29 is 8.78 Å². The van der Waals surface area contributed by atoms with Gasteiger partial charge in [0.05, 0.1) is 34.5 Å². The minimum absolute atomic E-state index is 0.371. The van der Waals surface area contributed by atoms with E-state index >= 15 is 0 Å². The summed E-state index contributed by atoms with van der Waals surface area (Å²) < 4.78 is 26.2. The highest BCUT2D eigenvalue weighted by Gasteiger charge is 2.27. The first kappa shape index (κ1) is 19.6. The van der Waals surface area contributed by atoms with Gasteiger partial charge in [-0.25, -0.2) is 18.7 Å². The summed E-state index contributed by atoms with van der Waals surface area (Å²) in [6.07, 6.45) is 1.20. The SMILES string of the molecule is O=c1c2ccc(N3CCN(Cc4csc(C5CC5)n4)CC3)cc2ncn1CC(F)F. The van der Waals surface area contributed by atoms with Gasteiger partial charge >= 0.3 is 0 Å². The van der Waals surface area contributed by atoms with E-state index in [1.165, 1.54) is 29.9 Å². The molecule has 0 spiro atoms. The molecule has 3 heterocycles. The van der Waals surface area contributed by atoms with Crippen molar-refractivity contribution in [3.8, 4) is 0 Å². The summed E-state index contributed by atoms with van der Waals surface area (Å²) in [7, 11) is 0. The third-order valence-corrected chi connectivity index (χ3v) is 6.82. The van der Waals surface area contributed by atoms with E-state index in [-0.39, 0.29) is 0 Å². The van der Waals surface area contributed by atoms with Gasteiger partial charge in [0.25, 0.3) is 12.0 Å². The van der Waals surface area contributed by atoms with Crippen molar-refractivity contribution in [1.82, 2.24) is 19.4 Å². The Hall–Kier alpha value is -2.39. The molecule has 1 aromatic carbocycles. The molecule has 6 nitrogen and oxygen atoms in total. The van der Waals surface area contributed by atoms with Crippen molar-refractivity contribution in [2.75, 3.05) is 31.1 Å². The number of rotatable bonds is 6. The molecule has 0 unspecified atom stereocenters. The number of hydrogen-bond donors (Lipinski definition) is 0. The van der Waals surface area contributed by atoms with Gasteiger partial charge in [-0.1, -0.05) is 0 Å². The molecular weight excluding hydrogens is 408 g/mol. The molecule has 1 saturated heterocycles. The smallest absolute Gasteiger partial charge is 0.261 e. The minimum Gasteiger partial charge on any atom is -0.369 e. The first-order valence-corrected chi connectivity index (χ1v) is 11.1. The Morgan fingerprint density at radius 1 is 1.17 bits per heavy atom. The van der Waals surface area contributed by atoms with Gasteiger partial charge in [0, 0.05) is 49.7 Å². The van der Waals surface area contributed by atoms with Crippen LogP contribution in [-0.4, -0.2) is 52.0 Å². The molecule has 3 aromatic rings. The van der Waals surface area contributed by atoms with Crippen molar-refractivity contribution >= 4 is 27.9 Å². The molecule has 0 bridgehead atoms. The van der Waals surface area contributed by atoms with Crippen LogP contribution in [0.5, 0.6) is 0 Å². The number of anilines is 1. The normalized spacial score (nSPS) is 17.9. The molecule has 1 aliphatic carbocycles. The molecule has 2 aromatic heterocycles. The molecule has 1 aliphatic heterocycles. The van der Waals surface area contributed by atoms with E-state index in [0.717, 1.165) is 43.0 Å². The predicted molar refractivity (Wildman–Crippen MR) is 114 cm³/mol. The second-order valence-corrected chi connectivity index (χ2v) is 8.90. The van der Waals surface area contributed by atoms with E-state index < -0.39 is 18.5 Å². The van der Waals surface area contributed by atoms with E-state index in [1.54, 1.807) is 17.4 Å². The second-order valence-electron chi connectivity index (χ2n) is 8.01. The summed E-state index contributed by atoms with van der Waals surface area (Å²) in [6.45, 7) is 3.91. The van der Waals surface area contributed by atoms with Crippen LogP contribution in [0.25, 0.3) is 10.9 Å². The molecule has 0 amide bonds. The van der Waals surface area contributed by atoms with E-state index in [0.29, 0.717) is 16.8 Å². The van der Waals surface area contributed by atoms with Crippen LogP contribution in [0.1, 0.15) is 29.5 Å². The summed E-state index contributed by atoms with van der Waals surface area (Å²) >= 11 is 1.79. The largest absolute Gasteiger partial charge is 0.369 e. The van der Waals surface area contributed by atoms with Crippen molar-refractivity contribution in [1.29, 1.82) is 0 Å². The Bertz CT molecular complexity index is 1100. The van der Waals surface area contributed by atoms with Gasteiger partial charge in [0.15, 0.2) is 0 Å². The number of hydrogen-bond acceptors (Lipinski definition) is 6. The zero-order valence-electron chi connectivity index (χ0n) is 16.5. The third kappa shape index (κ3) is 4.09. The maximum Gasteiger partial charge on any atom is 0.261 e. The van der Waals surface area contributed by atoms with E-state index in [4.69, 9.17) is 4.98 Å². The van der Waals surface area contributed by atoms with E-state index in [9.17, 15) is 13.6 Å². The molecule has 1 saturated carbocycles. The van der Waals surface area contributed by atoms with Crippen molar-refractivity contribution in [3.05, 3.63) is 51.0 Å². The highest BCUT2D eigenvalue weighted by Crippen LogP contribution is 2.41. The monoisotopic (exact) mass is 431 g/mol. The summed E-state index contributed by atoms with van der Waals surface area (Å²) in [4.78, 5) is 26.1. The van der Waals surface area contributed by atoms with Crippen molar-refractivity contribution in [2.24, 2.45) is 0 Å². The Morgan fingerprint density at radius 2 is 1.97 bits per heavy atom. The zero-order valence-corrected chi connectivity index (χ0v) is 17.3. The first-order chi connectivity index (χ1) is 14.6. The predicted octanol–water partition coefficient (Wildman–Crippen LogP) is 3.32. The van der Waals surface area contributed by atoms with Gasteiger partial charge in [-0.15, -0.1) is 11.3 Å². The number of halogens is 2. The van der Waals surface area contributed by atoms with Crippen LogP contribution in [0.15, 0.2) is 34.7 Å². The topological polar surface area (TPSA) is 54.3 Å². The standard InChI is InChI=1S/C21H23F2N5OS/c22-19(23)11-28-13-24-18-9-16(3-4-17(18)21(28)29)27-7-5-26(6-8-27)10-15-12-30-20(25-15)14-1-2-14/h3-4,9,12-14,19H,1-2,5-8,10-11H2. The van der Waals surface area contributed by atoms with Crippen LogP contribution in [-0.2, 0) is 13.1 Å². The van der Waals surface area contributed by atoms with Crippen molar-refractivity contribution in [3.63, 3.8) is 0 Å². The lowest BCUT2D eigenvalue weighted by Crippen LogP contribution is -2.46. The molecule has 2 fully saturated rings. The quantitative estimate of drug-likeness (QED) is 0.599. The van der Waals surface area contributed by atoms with Gasteiger partial charge in [-0.3, -0.25) is 14.3 Å². The molecule has 30 heavy (non-hydrogen) atoms. The van der Waals surface area contributed by atoms with Gasteiger partial charge in [0.1, 0.15) is 0 Å². The van der Waals surface area contributed by atoms with Crippen LogP contribution in [0, 0.1) is 0 Å². The average Bonchev–Trinajstić information content (AvgIpc) is 3.49. The number of nitrogens with zero attached hydrogens (tertiary/aromatic N) is 5. The van der Waals surface area contributed by atoms with Crippen LogP contribution in [0.3, 0.4) is 0 Å². The Kier molecular flexibility index (Phi) is 5.24. The van der Waals surface area contributed by atoms with Gasteiger partial charge in [-0.2, -0.15) is 0 Å². The van der Waals surface area contributed by atoms with Crippen LogP contribution in [0.2, 0.25) is 0 Å². The molecule has 158 valence electrons. The van der Waals surface area contributed by atoms with Gasteiger partial charge < -0.3 is 4.90 Å². The minimum atomic E-state index is -2.58. The second kappa shape index (κ2) is 8.03. The number of piperazine rings is 1. The van der Waals surface area contributed by atoms with Gasteiger partial charge in [-0.05, 0) is 31.0 Å². The number of aromatic nitrogens is 3. The maximum atomic E-state index is 12.6. The number of alkyl halides is 2. The lowest BCUT2D eigenvalue weighted by Gasteiger charge is -2.35. The van der Waals surface area contributed by atoms with Crippen LogP contribution in [0.4, 0.5) is 14.5 Å². The third-order valence-electron chi connectivity index (χ3n) is 5.76. The summed E-state index contributed by atoms with van der Waals surface area (Å²) in [5, 5.41) is 3.85. The lowest BCUT2D eigenvalue weighted by molar-refractivity contribution is 0.125. The van der Waals surface area contributed by atoms with Crippen molar-refractivity contribution in [2.45, 2.75) is 38.3 Å². The number of benzene rings is 1. The molecule has 0 N–H and O–H groups in total. The highest BCUT2D eigenvalue weighted by atomic mass is 32.1. The van der Waals surface area contributed by atoms with E-state index in [1.807, 2.05) is 12.1 Å². The Morgan fingerprint density at radius 3 is 2.70 bits per heavy atom. The fourth-order valence-electron chi connectivity index (χ4n) is 3.93. The molecular formula is C21H23F2N5OS. The first-order valence-electron chi connectivity index (χ1n) is 10.3. The summed E-state index contributed by atoms with van der Waals surface area (Å²) in [6, 6.07) is 5.46. The highest BCUT2D eigenvalue weighted by molar-refractivity contribution is 7.09. The fourth-order valence-corrected chi connectivity index (χ4v) is 4.91. The maximum absolute atomic E-state index is 12.6. The summed E-state index contributed by atoms with van der Waals surface area (Å²) in [5.41, 5.74) is 2.29. The molecule has 2 aliphatic rings. The Balaban J connectivity index is 1.24. The zero-order chi connectivity index (χ0) is 20.7. The number of thiazole rings is 1. The lowest BCUT2D eigenvalue weighted by atomic mass is 10.2. The van der Waals surface area contributed by atoms with Crippen LogP contribution >= 0.6 is 11.3 Å². The molecule has 9 heteroatoms. The molecule has 5 rings (SSSR count). The number of fused-ring (bicyclic) bond motifs is 1. The Labute approximate surface area is 176 Å². The van der Waals surface area contributed by atoms with Crippen LogP contribution < -0.4 is 10.5 Å². The molecule has 0 atom stereocenters. The van der Waals surface area contributed by atoms with E-state index in [2.05, 4.69) is 20.2 Å². The fraction of sp³-hybridized carbons (Fsp3) is 0.476.